The van der Waals surface area contributed by atoms with Crippen LogP contribution in [-0.4, -0.2) is 47.2 Å². The Bertz CT molecular complexity index is 826. The molecule has 3 atom stereocenters. The molecule has 2 heterocycles. The van der Waals surface area contributed by atoms with Gasteiger partial charge in [0.15, 0.2) is 0 Å². The monoisotopic (exact) mass is 380 g/mol. The Morgan fingerprint density at radius 3 is 2.79 bits per heavy atom. The average Bonchev–Trinajstić information content (AvgIpc) is 3.10. The van der Waals surface area contributed by atoms with E-state index < -0.39 is 0 Å². The summed E-state index contributed by atoms with van der Waals surface area (Å²) in [5.41, 5.74) is 2.01. The summed E-state index contributed by atoms with van der Waals surface area (Å²) in [6, 6.07) is 13.9. The second-order valence-electron chi connectivity index (χ2n) is 7.91. The van der Waals surface area contributed by atoms with Crippen molar-refractivity contribution in [1.82, 2.24) is 9.88 Å². The van der Waals surface area contributed by atoms with Crippen LogP contribution in [0.5, 0.6) is 5.88 Å². The summed E-state index contributed by atoms with van der Waals surface area (Å²) >= 11 is 0. The minimum absolute atomic E-state index is 0.0510. The molecule has 1 saturated carbocycles. The van der Waals surface area contributed by atoms with Crippen LogP contribution < -0.4 is 4.74 Å². The number of likely N-dealkylation sites (tertiary alicyclic amines) is 1. The van der Waals surface area contributed by atoms with Gasteiger partial charge in [0.2, 0.25) is 11.8 Å². The molecule has 1 saturated heterocycles. The number of nitrogens with zero attached hydrogens (tertiary/aromatic N) is 2. The van der Waals surface area contributed by atoms with Crippen molar-refractivity contribution in [1.29, 1.82) is 0 Å². The molecule has 2 fully saturated rings. The summed E-state index contributed by atoms with van der Waals surface area (Å²) in [7, 11) is 1.78. The van der Waals surface area contributed by atoms with Crippen molar-refractivity contribution in [2.75, 3.05) is 13.7 Å². The van der Waals surface area contributed by atoms with Crippen LogP contribution in [0.1, 0.15) is 36.8 Å². The smallest absolute Gasteiger partial charge is 0.227 e. The molecule has 0 N–H and O–H groups in total. The van der Waals surface area contributed by atoms with Gasteiger partial charge < -0.3 is 14.4 Å². The lowest BCUT2D eigenvalue weighted by Gasteiger charge is -2.43. The molecular formula is C23H28N2O3. The second-order valence-corrected chi connectivity index (χ2v) is 7.91. The lowest BCUT2D eigenvalue weighted by Crippen LogP contribution is -2.54. The van der Waals surface area contributed by atoms with E-state index in [1.165, 1.54) is 0 Å². The maximum Gasteiger partial charge on any atom is 0.227 e. The number of carbonyl (C=O) groups is 1. The van der Waals surface area contributed by atoms with Gasteiger partial charge in [0.25, 0.3) is 0 Å². The molecule has 5 nitrogen and oxygen atoms in total. The van der Waals surface area contributed by atoms with Crippen molar-refractivity contribution in [2.24, 2.45) is 0 Å². The molecule has 1 aromatic carbocycles. The molecule has 1 aromatic heterocycles. The highest BCUT2D eigenvalue weighted by molar-refractivity contribution is 5.80. The predicted octanol–water partition coefficient (Wildman–Crippen LogP) is 3.55. The van der Waals surface area contributed by atoms with E-state index in [0.717, 1.165) is 43.4 Å². The summed E-state index contributed by atoms with van der Waals surface area (Å²) < 4.78 is 12.1. The third-order valence-electron chi connectivity index (χ3n) is 6.39. The Morgan fingerprint density at radius 1 is 1.21 bits per heavy atom. The van der Waals surface area contributed by atoms with Crippen molar-refractivity contribution in [3.05, 3.63) is 59.8 Å². The first-order chi connectivity index (χ1) is 13.6. The van der Waals surface area contributed by atoms with Gasteiger partial charge in [0, 0.05) is 32.3 Å². The van der Waals surface area contributed by atoms with Gasteiger partial charge in [0.1, 0.15) is 6.10 Å². The van der Waals surface area contributed by atoms with Crippen molar-refractivity contribution < 1.29 is 14.3 Å². The van der Waals surface area contributed by atoms with Crippen LogP contribution >= 0.6 is 0 Å². The number of carbonyl (C=O) groups excluding carboxylic acids is 1. The fourth-order valence-corrected chi connectivity index (χ4v) is 4.73. The van der Waals surface area contributed by atoms with Crippen LogP contribution in [0.2, 0.25) is 0 Å². The Morgan fingerprint density at radius 2 is 2.04 bits per heavy atom. The zero-order chi connectivity index (χ0) is 19.6. The van der Waals surface area contributed by atoms with Crippen LogP contribution in [0.3, 0.4) is 0 Å². The van der Waals surface area contributed by atoms with Crippen molar-refractivity contribution in [3.8, 4) is 5.88 Å². The number of aryl methyl sites for hydroxylation is 1. The normalized spacial score (nSPS) is 26.7. The van der Waals surface area contributed by atoms with Gasteiger partial charge in [0.05, 0.1) is 18.1 Å². The van der Waals surface area contributed by atoms with E-state index in [1.54, 1.807) is 13.3 Å². The van der Waals surface area contributed by atoms with Crippen LogP contribution in [0.4, 0.5) is 0 Å². The van der Waals surface area contributed by atoms with Crippen LogP contribution in [0.15, 0.2) is 48.7 Å². The number of benzene rings is 1. The number of rotatable bonds is 5. The van der Waals surface area contributed by atoms with Gasteiger partial charge in [-0.1, -0.05) is 30.3 Å². The van der Waals surface area contributed by atoms with E-state index in [0.29, 0.717) is 12.3 Å². The van der Waals surface area contributed by atoms with Crippen molar-refractivity contribution in [3.63, 3.8) is 0 Å². The SMILES string of the molecule is CO[C@@]12CC[C@H](Oc3ccccn3)C[C@@H]1N(C(=O)Cc1ccccc1C)CC2. The third kappa shape index (κ3) is 3.63. The first-order valence-corrected chi connectivity index (χ1v) is 10.1. The third-order valence-corrected chi connectivity index (χ3v) is 6.39. The molecule has 2 aromatic rings. The number of hydrogen-bond donors (Lipinski definition) is 0. The van der Waals surface area contributed by atoms with Gasteiger partial charge in [-0.25, -0.2) is 4.98 Å². The molecule has 0 spiro atoms. The molecule has 4 rings (SSSR count). The lowest BCUT2D eigenvalue weighted by molar-refractivity contribution is -0.138. The van der Waals surface area contributed by atoms with Gasteiger partial charge in [-0.05, 0) is 43.4 Å². The molecule has 0 radical (unpaired) electrons. The van der Waals surface area contributed by atoms with Gasteiger partial charge in [-0.2, -0.15) is 0 Å². The number of methoxy groups -OCH3 is 1. The summed E-state index contributed by atoms with van der Waals surface area (Å²) in [6.45, 7) is 2.81. The highest BCUT2D eigenvalue weighted by Gasteiger charge is 2.52. The number of amides is 1. The zero-order valence-corrected chi connectivity index (χ0v) is 16.6. The fourth-order valence-electron chi connectivity index (χ4n) is 4.73. The number of fused-ring (bicyclic) bond motifs is 1. The number of ether oxygens (including phenoxy) is 2. The van der Waals surface area contributed by atoms with E-state index >= 15 is 0 Å². The molecule has 5 heteroatoms. The van der Waals surface area contributed by atoms with E-state index in [4.69, 9.17) is 9.47 Å². The summed E-state index contributed by atoms with van der Waals surface area (Å²) in [6.07, 6.45) is 5.73. The number of hydrogen-bond acceptors (Lipinski definition) is 4. The molecule has 0 unspecified atom stereocenters. The summed E-state index contributed by atoms with van der Waals surface area (Å²) in [5, 5.41) is 0. The maximum atomic E-state index is 13.2. The average molecular weight is 380 g/mol. The number of pyridine rings is 1. The minimum Gasteiger partial charge on any atom is -0.474 e. The molecule has 1 aliphatic carbocycles. The predicted molar refractivity (Wildman–Crippen MR) is 107 cm³/mol. The Labute approximate surface area is 166 Å². The lowest BCUT2D eigenvalue weighted by atomic mass is 9.79. The standard InChI is InChI=1S/C23H28N2O3/c1-17-7-3-4-8-18(17)15-22(26)25-14-12-23(27-2)11-10-19(16-20(23)25)28-21-9-5-6-13-24-21/h3-9,13,19-20H,10-12,14-16H2,1-2H3/t19-,20-,23+/m0/s1. The Balaban J connectivity index is 1.49. The van der Waals surface area contributed by atoms with E-state index in [-0.39, 0.29) is 23.7 Å². The Kier molecular flexibility index (Phi) is 5.36. The topological polar surface area (TPSA) is 51.7 Å². The first kappa shape index (κ1) is 18.9. The van der Waals surface area contributed by atoms with Gasteiger partial charge in [-0.3, -0.25) is 4.79 Å². The minimum atomic E-state index is -0.245. The zero-order valence-electron chi connectivity index (χ0n) is 16.6. The van der Waals surface area contributed by atoms with Crippen molar-refractivity contribution in [2.45, 2.75) is 56.8 Å². The quantitative estimate of drug-likeness (QED) is 0.796. The first-order valence-electron chi connectivity index (χ1n) is 10.1. The second kappa shape index (κ2) is 7.92. The largest absolute Gasteiger partial charge is 0.474 e. The van der Waals surface area contributed by atoms with Crippen LogP contribution in [0, 0.1) is 6.92 Å². The number of aromatic nitrogens is 1. The summed E-state index contributed by atoms with van der Waals surface area (Å²) in [4.78, 5) is 19.5. The molecule has 2 aliphatic rings. The highest BCUT2D eigenvalue weighted by atomic mass is 16.5. The van der Waals surface area contributed by atoms with Gasteiger partial charge in [-0.15, -0.1) is 0 Å². The molecule has 0 bridgehead atoms. The van der Waals surface area contributed by atoms with Gasteiger partial charge >= 0.3 is 0 Å². The molecule has 1 amide bonds. The van der Waals surface area contributed by atoms with E-state index in [2.05, 4.69) is 18.0 Å². The van der Waals surface area contributed by atoms with Crippen molar-refractivity contribution >= 4 is 5.91 Å². The van der Waals surface area contributed by atoms with E-state index in [9.17, 15) is 4.79 Å². The fraction of sp³-hybridized carbons (Fsp3) is 0.478. The molecule has 1 aliphatic heterocycles. The highest BCUT2D eigenvalue weighted by Crippen LogP contribution is 2.43. The molecular weight excluding hydrogens is 352 g/mol. The van der Waals surface area contributed by atoms with Crippen LogP contribution in [-0.2, 0) is 16.0 Å². The molecule has 28 heavy (non-hydrogen) atoms. The molecule has 148 valence electrons. The summed E-state index contributed by atoms with van der Waals surface area (Å²) in [5.74, 6) is 0.824. The van der Waals surface area contributed by atoms with Crippen LogP contribution in [0.25, 0.3) is 0 Å². The van der Waals surface area contributed by atoms with E-state index in [1.807, 2.05) is 41.3 Å². The maximum absolute atomic E-state index is 13.2. The Hall–Kier alpha value is -2.40.